The fraction of sp³-hybridized carbons (Fsp3) is 0.222. The first kappa shape index (κ1) is 23.3. The molecule has 0 aliphatic rings. The van der Waals surface area contributed by atoms with Crippen LogP contribution in [0.3, 0.4) is 0 Å². The Labute approximate surface area is 202 Å². The van der Waals surface area contributed by atoms with Crippen LogP contribution in [0.15, 0.2) is 48.0 Å². The van der Waals surface area contributed by atoms with Gasteiger partial charge in [-0.3, -0.25) is 4.79 Å². The summed E-state index contributed by atoms with van der Waals surface area (Å²) in [6, 6.07) is 16.1. The van der Waals surface area contributed by atoms with Gasteiger partial charge in [0, 0.05) is 33.2 Å². The molecule has 2 aromatic heterocycles. The highest BCUT2D eigenvalue weighted by molar-refractivity contribution is 7.16. The van der Waals surface area contributed by atoms with Crippen LogP contribution in [0, 0.1) is 25.2 Å². The number of ether oxygens (including phenoxy) is 1. The van der Waals surface area contributed by atoms with Crippen LogP contribution in [-0.2, 0) is 16.1 Å². The maximum atomic E-state index is 13.0. The molecule has 172 valence electrons. The van der Waals surface area contributed by atoms with Crippen LogP contribution in [0.2, 0.25) is 0 Å². The molecule has 0 saturated carbocycles. The van der Waals surface area contributed by atoms with Crippen molar-refractivity contribution in [3.05, 3.63) is 69.6 Å². The molecule has 34 heavy (non-hydrogen) atoms. The lowest BCUT2D eigenvalue weighted by Crippen LogP contribution is -2.16. The predicted molar refractivity (Wildman–Crippen MR) is 137 cm³/mol. The number of fused-ring (bicyclic) bond motifs is 3. The minimum Gasteiger partial charge on any atom is -0.462 e. The summed E-state index contributed by atoms with van der Waals surface area (Å²) in [5.41, 5.74) is 4.06. The number of hydrogen-bond donors (Lipinski definition) is 1. The van der Waals surface area contributed by atoms with Crippen molar-refractivity contribution in [1.82, 2.24) is 4.57 Å². The molecule has 0 bridgehead atoms. The molecule has 0 spiro atoms. The van der Waals surface area contributed by atoms with Gasteiger partial charge in [-0.2, -0.15) is 5.26 Å². The minimum atomic E-state index is -0.564. The van der Waals surface area contributed by atoms with Crippen molar-refractivity contribution in [3.8, 4) is 6.07 Å². The lowest BCUT2D eigenvalue weighted by molar-refractivity contribution is -0.112. The fourth-order valence-corrected chi connectivity index (χ4v) is 5.20. The summed E-state index contributed by atoms with van der Waals surface area (Å²) in [7, 11) is 0. The SMILES string of the molecule is CCOC(=O)c1c(NC(=O)/C(C#N)=C/c2ccc3c(c2)c2ccccc2n3CC)sc(C)c1C. The van der Waals surface area contributed by atoms with Crippen LogP contribution < -0.4 is 5.32 Å². The van der Waals surface area contributed by atoms with E-state index < -0.39 is 11.9 Å². The molecule has 7 heteroatoms. The van der Waals surface area contributed by atoms with Crippen LogP contribution >= 0.6 is 11.3 Å². The van der Waals surface area contributed by atoms with E-state index in [-0.39, 0.29) is 12.2 Å². The van der Waals surface area contributed by atoms with Gasteiger partial charge in [0.05, 0.1) is 12.2 Å². The van der Waals surface area contributed by atoms with E-state index in [0.717, 1.165) is 44.4 Å². The van der Waals surface area contributed by atoms with Gasteiger partial charge in [-0.1, -0.05) is 24.3 Å². The number of thiophene rings is 1. The van der Waals surface area contributed by atoms with E-state index in [1.165, 1.54) is 11.3 Å². The number of esters is 1. The van der Waals surface area contributed by atoms with Crippen molar-refractivity contribution in [2.75, 3.05) is 11.9 Å². The molecule has 0 unspecified atom stereocenters. The highest BCUT2D eigenvalue weighted by Crippen LogP contribution is 2.34. The summed E-state index contributed by atoms with van der Waals surface area (Å²) in [6.07, 6.45) is 1.57. The first-order valence-electron chi connectivity index (χ1n) is 11.1. The number of aromatic nitrogens is 1. The highest BCUT2D eigenvalue weighted by atomic mass is 32.1. The van der Waals surface area contributed by atoms with Crippen LogP contribution in [-0.4, -0.2) is 23.1 Å². The Morgan fingerprint density at radius 1 is 1.12 bits per heavy atom. The number of anilines is 1. The molecule has 0 radical (unpaired) electrons. The van der Waals surface area contributed by atoms with Gasteiger partial charge in [-0.15, -0.1) is 11.3 Å². The first-order chi connectivity index (χ1) is 16.4. The number of amides is 1. The smallest absolute Gasteiger partial charge is 0.341 e. The van der Waals surface area contributed by atoms with Crippen molar-refractivity contribution in [2.45, 2.75) is 34.2 Å². The third-order valence-corrected chi connectivity index (χ3v) is 7.00. The molecule has 0 aliphatic carbocycles. The normalized spacial score (nSPS) is 11.6. The Kier molecular flexibility index (Phi) is 6.53. The average molecular weight is 472 g/mol. The number of carbonyl (C=O) groups excluding carboxylic acids is 2. The summed E-state index contributed by atoms with van der Waals surface area (Å²) < 4.78 is 7.39. The molecule has 0 fully saturated rings. The molecule has 4 rings (SSSR count). The van der Waals surface area contributed by atoms with Crippen LogP contribution in [0.1, 0.15) is 40.2 Å². The van der Waals surface area contributed by atoms with Crippen LogP contribution in [0.25, 0.3) is 27.9 Å². The van der Waals surface area contributed by atoms with Gasteiger partial charge >= 0.3 is 5.97 Å². The maximum Gasteiger partial charge on any atom is 0.341 e. The summed E-state index contributed by atoms with van der Waals surface area (Å²) in [6.45, 7) is 8.61. The average Bonchev–Trinajstić information content (AvgIpc) is 3.30. The van der Waals surface area contributed by atoms with E-state index in [2.05, 4.69) is 28.9 Å². The van der Waals surface area contributed by atoms with Crippen molar-refractivity contribution < 1.29 is 14.3 Å². The highest BCUT2D eigenvalue weighted by Gasteiger charge is 2.23. The molecule has 0 saturated heterocycles. The zero-order valence-electron chi connectivity index (χ0n) is 19.6. The molecule has 6 nitrogen and oxygen atoms in total. The molecule has 0 atom stereocenters. The number of rotatable bonds is 6. The zero-order chi connectivity index (χ0) is 24.4. The largest absolute Gasteiger partial charge is 0.462 e. The number of nitrogens with one attached hydrogen (secondary N) is 1. The number of benzene rings is 2. The molecule has 1 amide bonds. The first-order valence-corrected chi connectivity index (χ1v) is 11.9. The number of nitrogens with zero attached hydrogens (tertiary/aromatic N) is 2. The molecule has 4 aromatic rings. The Morgan fingerprint density at radius 2 is 1.85 bits per heavy atom. The number of para-hydroxylation sites is 1. The summed E-state index contributed by atoms with van der Waals surface area (Å²) in [4.78, 5) is 26.3. The molecule has 2 heterocycles. The van der Waals surface area contributed by atoms with E-state index in [0.29, 0.717) is 10.6 Å². The van der Waals surface area contributed by atoms with Crippen LogP contribution in [0.5, 0.6) is 0 Å². The summed E-state index contributed by atoms with van der Waals surface area (Å²) in [5, 5.41) is 15.0. The second-order valence-electron chi connectivity index (χ2n) is 7.87. The predicted octanol–water partition coefficient (Wildman–Crippen LogP) is 6.22. The van der Waals surface area contributed by atoms with E-state index in [9.17, 15) is 14.9 Å². The van der Waals surface area contributed by atoms with E-state index in [1.54, 1.807) is 13.0 Å². The Morgan fingerprint density at radius 3 is 2.56 bits per heavy atom. The third-order valence-electron chi connectivity index (χ3n) is 5.88. The van der Waals surface area contributed by atoms with E-state index in [4.69, 9.17) is 4.74 Å². The van der Waals surface area contributed by atoms with Gasteiger partial charge in [-0.05, 0) is 63.1 Å². The lowest BCUT2D eigenvalue weighted by Gasteiger charge is -2.07. The topological polar surface area (TPSA) is 84.1 Å². The molecular weight excluding hydrogens is 446 g/mol. The monoisotopic (exact) mass is 471 g/mol. The lowest BCUT2D eigenvalue weighted by atomic mass is 10.1. The molecule has 0 aliphatic heterocycles. The summed E-state index contributed by atoms with van der Waals surface area (Å²) >= 11 is 1.29. The van der Waals surface area contributed by atoms with Gasteiger partial charge in [0.2, 0.25) is 0 Å². The van der Waals surface area contributed by atoms with Gasteiger partial charge in [-0.25, -0.2) is 4.79 Å². The second kappa shape index (κ2) is 9.54. The van der Waals surface area contributed by atoms with E-state index >= 15 is 0 Å². The number of aryl methyl sites for hydroxylation is 2. The van der Waals surface area contributed by atoms with E-state index in [1.807, 2.05) is 50.2 Å². The second-order valence-corrected chi connectivity index (χ2v) is 9.09. The van der Waals surface area contributed by atoms with Gasteiger partial charge < -0.3 is 14.6 Å². The number of hydrogen-bond acceptors (Lipinski definition) is 5. The van der Waals surface area contributed by atoms with Gasteiger partial charge in [0.1, 0.15) is 16.6 Å². The van der Waals surface area contributed by atoms with Crippen molar-refractivity contribution in [1.29, 1.82) is 5.26 Å². The standard InChI is InChI=1S/C27H25N3O3S/c1-5-30-22-10-8-7-9-20(22)21-14-18(11-12-23(21)30)13-19(15-28)25(31)29-26-24(27(32)33-6-2)16(3)17(4)34-26/h7-14H,5-6H2,1-4H3,(H,29,31)/b19-13+. The van der Waals surface area contributed by atoms with Crippen molar-refractivity contribution >= 4 is 56.1 Å². The third kappa shape index (κ3) is 4.09. The zero-order valence-corrected chi connectivity index (χ0v) is 20.4. The Balaban J connectivity index is 1.70. The summed E-state index contributed by atoms with van der Waals surface area (Å²) in [5.74, 6) is -1.05. The quantitative estimate of drug-likeness (QED) is 0.206. The number of carbonyl (C=O) groups is 2. The Bertz CT molecular complexity index is 1500. The fourth-order valence-electron chi connectivity index (χ4n) is 4.15. The number of nitriles is 1. The van der Waals surface area contributed by atoms with Gasteiger partial charge in [0.25, 0.3) is 5.91 Å². The van der Waals surface area contributed by atoms with Crippen molar-refractivity contribution in [3.63, 3.8) is 0 Å². The minimum absolute atomic E-state index is 0.0444. The molecule has 1 N–H and O–H groups in total. The van der Waals surface area contributed by atoms with Crippen LogP contribution in [0.4, 0.5) is 5.00 Å². The Hall–Kier alpha value is -3.89. The van der Waals surface area contributed by atoms with Gasteiger partial charge in [0.15, 0.2) is 0 Å². The maximum absolute atomic E-state index is 13.0. The van der Waals surface area contributed by atoms with Crippen molar-refractivity contribution in [2.24, 2.45) is 0 Å². The molecular formula is C27H25N3O3S. The molecule has 2 aromatic carbocycles.